The smallest absolute Gasteiger partial charge is 0.256 e. The van der Waals surface area contributed by atoms with Crippen LogP contribution in [0.3, 0.4) is 0 Å². The molecule has 1 aliphatic carbocycles. The summed E-state index contributed by atoms with van der Waals surface area (Å²) in [6.07, 6.45) is 1.79. The summed E-state index contributed by atoms with van der Waals surface area (Å²) in [5.74, 6) is -3.03. The second-order valence-electron chi connectivity index (χ2n) is 16.7. The van der Waals surface area contributed by atoms with Gasteiger partial charge in [0.1, 0.15) is 12.1 Å². The van der Waals surface area contributed by atoms with Crippen LogP contribution in [0.25, 0.3) is 0 Å². The van der Waals surface area contributed by atoms with Crippen molar-refractivity contribution in [2.75, 3.05) is 34.9 Å². The van der Waals surface area contributed by atoms with Crippen molar-refractivity contribution in [3.05, 3.63) is 0 Å². The van der Waals surface area contributed by atoms with Gasteiger partial charge in [-0.15, -0.1) is 0 Å². The zero-order valence-electron chi connectivity index (χ0n) is 35.6. The fourth-order valence-corrected chi connectivity index (χ4v) is 9.07. The Hall–Kier alpha value is -2.82. The quantitative estimate of drug-likeness (QED) is 0.119. The lowest BCUT2D eigenvalue weighted by atomic mass is 9.89. The summed E-state index contributed by atoms with van der Waals surface area (Å²) in [7, 11) is 2.62. The van der Waals surface area contributed by atoms with E-state index in [-0.39, 0.29) is 54.2 Å². The number of ether oxygens (including phenoxy) is 2. The topological polar surface area (TPSA) is 193 Å². The predicted molar refractivity (Wildman–Crippen MR) is 212 cm³/mol. The van der Waals surface area contributed by atoms with Crippen molar-refractivity contribution in [1.82, 2.24) is 30.5 Å². The Balaban J connectivity index is 2.27. The zero-order valence-corrected chi connectivity index (χ0v) is 36.5. The van der Waals surface area contributed by atoms with Gasteiger partial charge in [-0.25, -0.2) is 8.42 Å². The molecule has 0 radical (unpaired) electrons. The molecule has 2 aliphatic rings. The van der Waals surface area contributed by atoms with Crippen LogP contribution in [0.15, 0.2) is 0 Å². The van der Waals surface area contributed by atoms with Crippen molar-refractivity contribution >= 4 is 39.6 Å². The van der Waals surface area contributed by atoms with Crippen LogP contribution >= 0.6 is 0 Å². The minimum absolute atomic E-state index is 0.0101. The number of sulfonamides is 1. The minimum atomic E-state index is -3.80. The molecule has 2 rings (SSSR count). The van der Waals surface area contributed by atoms with E-state index < -0.39 is 75.4 Å². The van der Waals surface area contributed by atoms with E-state index in [1.54, 1.807) is 30.8 Å². The fraction of sp³-hybridized carbons (Fsp3) is 0.872. The van der Waals surface area contributed by atoms with Gasteiger partial charge in [-0.3, -0.25) is 28.7 Å². The van der Waals surface area contributed by atoms with Gasteiger partial charge in [0.25, 0.3) is 5.91 Å². The third-order valence-corrected chi connectivity index (χ3v) is 13.1. The first-order valence-corrected chi connectivity index (χ1v) is 21.7. The number of likely N-dealkylation sites (tertiary alicyclic amines) is 1. The molecule has 318 valence electrons. The number of hydrogen-bond donors (Lipinski definition) is 4. The maximum absolute atomic E-state index is 14.2. The van der Waals surface area contributed by atoms with Crippen molar-refractivity contribution in [2.45, 2.75) is 155 Å². The van der Waals surface area contributed by atoms with E-state index in [1.165, 1.54) is 14.2 Å². The molecule has 0 aromatic rings. The van der Waals surface area contributed by atoms with Gasteiger partial charge in [0.15, 0.2) is 0 Å². The molecule has 4 N–H and O–H groups in total. The molecule has 9 atom stereocenters. The second-order valence-corrected chi connectivity index (χ2v) is 18.7. The van der Waals surface area contributed by atoms with E-state index in [2.05, 4.69) is 20.7 Å². The van der Waals surface area contributed by atoms with Crippen molar-refractivity contribution in [3.8, 4) is 0 Å². The summed E-state index contributed by atoms with van der Waals surface area (Å²) in [6, 6.07) is -3.27. The lowest BCUT2D eigenvalue weighted by molar-refractivity contribution is -0.148. The first-order chi connectivity index (χ1) is 25.7. The van der Waals surface area contributed by atoms with Gasteiger partial charge in [0, 0.05) is 27.8 Å². The highest BCUT2D eigenvalue weighted by atomic mass is 32.2. The summed E-state index contributed by atoms with van der Waals surface area (Å²) in [6.45, 7) is 17.5. The van der Waals surface area contributed by atoms with Crippen LogP contribution < -0.4 is 20.7 Å². The molecule has 1 aliphatic heterocycles. The van der Waals surface area contributed by atoms with Crippen LogP contribution in [0, 0.1) is 29.6 Å². The van der Waals surface area contributed by atoms with Crippen LogP contribution in [0.1, 0.15) is 107 Å². The van der Waals surface area contributed by atoms with E-state index >= 15 is 0 Å². The molecule has 1 heterocycles. The third-order valence-electron chi connectivity index (χ3n) is 11.3. The number of nitrogens with zero attached hydrogens (tertiary/aromatic N) is 2. The molecule has 1 saturated heterocycles. The standard InChI is InChI=1S/C39H72N6O9S/c1-14-25(8)34(44(11)39(50)33(24(6)7)42-38(49)32(40-10)23(4)5)30(53-12)21-31(46)45-19-15-16-29(45)35(54-13)26(9)36(47)41-28(20-22(2)3)37(48)43-55(51,52)27-17-18-27/h22-30,32-35,40H,14-21H2,1-13H3,(H,41,47)(H,42,49)(H,43,48)/t25-,26+,28-,29?,30+,32-,33-,34-,35+/m0/s1. The number of carbonyl (C=O) groups excluding carboxylic acids is 5. The van der Waals surface area contributed by atoms with Gasteiger partial charge in [0.2, 0.25) is 33.7 Å². The van der Waals surface area contributed by atoms with Crippen molar-refractivity contribution in [3.63, 3.8) is 0 Å². The summed E-state index contributed by atoms with van der Waals surface area (Å²) < 4.78 is 39.0. The first kappa shape index (κ1) is 48.3. The number of methoxy groups -OCH3 is 2. The third kappa shape index (κ3) is 13.1. The Labute approximate surface area is 330 Å². The molecular formula is C39H72N6O9S. The van der Waals surface area contributed by atoms with Gasteiger partial charge < -0.3 is 35.2 Å². The van der Waals surface area contributed by atoms with Crippen LogP contribution in [0.4, 0.5) is 0 Å². The minimum Gasteiger partial charge on any atom is -0.379 e. The summed E-state index contributed by atoms with van der Waals surface area (Å²) in [4.78, 5) is 71.7. The highest BCUT2D eigenvalue weighted by Crippen LogP contribution is 2.30. The number of carbonyl (C=O) groups is 5. The van der Waals surface area contributed by atoms with Gasteiger partial charge in [-0.05, 0) is 62.8 Å². The Morgan fingerprint density at radius 3 is 1.91 bits per heavy atom. The summed E-state index contributed by atoms with van der Waals surface area (Å²) in [5, 5.41) is 8.18. The highest BCUT2D eigenvalue weighted by Gasteiger charge is 2.44. The lowest BCUT2D eigenvalue weighted by Crippen LogP contribution is -2.59. The maximum Gasteiger partial charge on any atom is 0.256 e. The van der Waals surface area contributed by atoms with Crippen LogP contribution in [-0.2, 0) is 43.5 Å². The fourth-order valence-electron chi connectivity index (χ4n) is 7.73. The maximum atomic E-state index is 14.2. The van der Waals surface area contributed by atoms with Crippen molar-refractivity contribution < 1.29 is 41.9 Å². The van der Waals surface area contributed by atoms with Gasteiger partial charge in [0.05, 0.1) is 47.9 Å². The molecule has 15 nitrogen and oxygen atoms in total. The van der Waals surface area contributed by atoms with Crippen molar-refractivity contribution in [2.24, 2.45) is 29.6 Å². The number of amides is 5. The number of nitrogens with one attached hydrogen (secondary N) is 4. The van der Waals surface area contributed by atoms with Crippen molar-refractivity contribution in [1.29, 1.82) is 0 Å². The first-order valence-electron chi connectivity index (χ1n) is 20.1. The Bertz CT molecular complexity index is 1410. The monoisotopic (exact) mass is 801 g/mol. The Morgan fingerprint density at radius 1 is 0.836 bits per heavy atom. The average molecular weight is 801 g/mol. The molecule has 0 spiro atoms. The summed E-state index contributed by atoms with van der Waals surface area (Å²) >= 11 is 0. The lowest BCUT2D eigenvalue weighted by Gasteiger charge is -2.41. The van der Waals surface area contributed by atoms with E-state index in [4.69, 9.17) is 9.47 Å². The molecule has 0 aromatic carbocycles. The summed E-state index contributed by atoms with van der Waals surface area (Å²) in [5.41, 5.74) is 0. The Kier molecular flexibility index (Phi) is 19.0. The number of rotatable bonds is 23. The molecule has 5 amide bonds. The van der Waals surface area contributed by atoms with Gasteiger partial charge in [-0.2, -0.15) is 0 Å². The van der Waals surface area contributed by atoms with Gasteiger partial charge in [-0.1, -0.05) is 68.7 Å². The van der Waals surface area contributed by atoms with Crippen LogP contribution in [0.5, 0.6) is 0 Å². The average Bonchev–Trinajstić information content (AvgIpc) is 3.88. The molecule has 0 aromatic heterocycles. The molecule has 16 heteroatoms. The molecule has 55 heavy (non-hydrogen) atoms. The number of likely N-dealkylation sites (N-methyl/N-ethyl adjacent to an activating group) is 2. The number of hydrogen-bond acceptors (Lipinski definition) is 10. The normalized spacial score (nSPS) is 20.7. The predicted octanol–water partition coefficient (Wildman–Crippen LogP) is 2.43. The zero-order chi connectivity index (χ0) is 41.9. The van der Waals surface area contributed by atoms with E-state index in [0.717, 1.165) is 0 Å². The van der Waals surface area contributed by atoms with Gasteiger partial charge >= 0.3 is 0 Å². The molecule has 0 bridgehead atoms. The largest absolute Gasteiger partial charge is 0.379 e. The van der Waals surface area contributed by atoms with Crippen LogP contribution in [0.2, 0.25) is 0 Å². The highest BCUT2D eigenvalue weighted by molar-refractivity contribution is 7.90. The van der Waals surface area contributed by atoms with Crippen LogP contribution in [-0.4, -0.2) is 130 Å². The van der Waals surface area contributed by atoms with E-state index in [0.29, 0.717) is 38.6 Å². The molecule has 1 unspecified atom stereocenters. The van der Waals surface area contributed by atoms with E-state index in [9.17, 15) is 32.4 Å². The molecule has 1 saturated carbocycles. The SMILES string of the molecule is CC[C@H](C)[C@@H]([C@@H](CC(=O)N1CCCC1[C@H](OC)[C@@H](C)C(=O)N[C@@H](CC(C)C)C(=O)NS(=O)(=O)C1CC1)OC)N(C)C(=O)[C@@H](NC(=O)[C@@H](NC)C(C)C)C(C)C. The van der Waals surface area contributed by atoms with E-state index in [1.807, 2.05) is 55.4 Å². The second kappa shape index (κ2) is 21.6. The molecular weight excluding hydrogens is 729 g/mol. The molecule has 2 fully saturated rings. The Morgan fingerprint density at radius 2 is 1.44 bits per heavy atom.